The van der Waals surface area contributed by atoms with Crippen LogP contribution in [-0.4, -0.2) is 21.4 Å². The van der Waals surface area contributed by atoms with Crippen molar-refractivity contribution in [2.24, 2.45) is 0 Å². The average Bonchev–Trinajstić information content (AvgIpc) is 3.01. The van der Waals surface area contributed by atoms with E-state index in [1.165, 1.54) is 11.3 Å². The molecule has 1 amide bonds. The molecule has 1 atom stereocenters. The van der Waals surface area contributed by atoms with Crippen LogP contribution in [0.3, 0.4) is 0 Å². The molecule has 0 aromatic carbocycles. The molecule has 2 aromatic rings. The zero-order chi connectivity index (χ0) is 13.7. The van der Waals surface area contributed by atoms with Gasteiger partial charge in [-0.3, -0.25) is 4.79 Å². The van der Waals surface area contributed by atoms with E-state index < -0.39 is 0 Å². The minimum absolute atomic E-state index is 0.0429. The van der Waals surface area contributed by atoms with Gasteiger partial charge in [0, 0.05) is 10.1 Å². The molecule has 0 spiro atoms. The SMILES string of the molecule is CC[C@@H](C)Sc1nnc(NC(=O)Cc2cccs2)s1. The second kappa shape index (κ2) is 7.02. The lowest BCUT2D eigenvalue weighted by Gasteiger charge is -2.02. The van der Waals surface area contributed by atoms with E-state index in [4.69, 9.17) is 0 Å². The van der Waals surface area contributed by atoms with Gasteiger partial charge in [-0.2, -0.15) is 0 Å². The Bertz CT molecular complexity index is 524. The molecule has 19 heavy (non-hydrogen) atoms. The number of nitrogens with zero attached hydrogens (tertiary/aromatic N) is 2. The van der Waals surface area contributed by atoms with Gasteiger partial charge in [0.05, 0.1) is 6.42 Å². The normalized spacial score (nSPS) is 12.3. The Morgan fingerprint density at radius 3 is 3.05 bits per heavy atom. The number of amides is 1. The summed E-state index contributed by atoms with van der Waals surface area (Å²) in [4.78, 5) is 12.8. The lowest BCUT2D eigenvalue weighted by molar-refractivity contribution is -0.115. The number of anilines is 1. The van der Waals surface area contributed by atoms with Gasteiger partial charge < -0.3 is 5.32 Å². The minimum Gasteiger partial charge on any atom is -0.300 e. The van der Waals surface area contributed by atoms with Crippen LogP contribution in [0, 0.1) is 0 Å². The van der Waals surface area contributed by atoms with Crippen LogP contribution in [0.1, 0.15) is 25.1 Å². The molecule has 0 unspecified atom stereocenters. The van der Waals surface area contributed by atoms with E-state index in [2.05, 4.69) is 29.4 Å². The Morgan fingerprint density at radius 1 is 1.53 bits per heavy atom. The Labute approximate surface area is 124 Å². The monoisotopic (exact) mass is 313 g/mol. The quantitative estimate of drug-likeness (QED) is 0.653. The van der Waals surface area contributed by atoms with Gasteiger partial charge in [0.15, 0.2) is 4.34 Å². The van der Waals surface area contributed by atoms with Crippen molar-refractivity contribution in [1.82, 2.24) is 10.2 Å². The lowest BCUT2D eigenvalue weighted by Crippen LogP contribution is -2.13. The summed E-state index contributed by atoms with van der Waals surface area (Å²) >= 11 is 4.70. The Morgan fingerprint density at radius 2 is 2.37 bits per heavy atom. The zero-order valence-corrected chi connectivity index (χ0v) is 13.2. The van der Waals surface area contributed by atoms with E-state index in [-0.39, 0.29) is 5.91 Å². The minimum atomic E-state index is -0.0429. The standard InChI is InChI=1S/C12H15N3OS3/c1-3-8(2)18-12-15-14-11(19-12)13-10(16)7-9-5-4-6-17-9/h4-6,8H,3,7H2,1-2H3,(H,13,14,16)/t8-/m1/s1. The molecule has 0 bridgehead atoms. The zero-order valence-electron chi connectivity index (χ0n) is 10.8. The molecule has 4 nitrogen and oxygen atoms in total. The van der Waals surface area contributed by atoms with Gasteiger partial charge in [-0.1, -0.05) is 43.0 Å². The predicted molar refractivity (Wildman–Crippen MR) is 82.2 cm³/mol. The van der Waals surface area contributed by atoms with Crippen molar-refractivity contribution < 1.29 is 4.79 Å². The van der Waals surface area contributed by atoms with E-state index >= 15 is 0 Å². The number of carbonyl (C=O) groups is 1. The molecule has 0 fully saturated rings. The number of thiophene rings is 1. The highest BCUT2D eigenvalue weighted by Gasteiger charge is 2.11. The van der Waals surface area contributed by atoms with Gasteiger partial charge in [-0.05, 0) is 17.9 Å². The molecule has 1 N–H and O–H groups in total. The molecule has 2 rings (SSSR count). The van der Waals surface area contributed by atoms with Crippen molar-refractivity contribution in [1.29, 1.82) is 0 Å². The van der Waals surface area contributed by atoms with Crippen LogP contribution in [0.4, 0.5) is 5.13 Å². The third-order valence-corrected chi connectivity index (χ3v) is 5.51. The van der Waals surface area contributed by atoms with Crippen LogP contribution in [0.2, 0.25) is 0 Å². The van der Waals surface area contributed by atoms with Crippen molar-refractivity contribution in [3.05, 3.63) is 22.4 Å². The molecule has 0 saturated heterocycles. The topological polar surface area (TPSA) is 54.9 Å². The molecule has 0 radical (unpaired) electrons. The van der Waals surface area contributed by atoms with Crippen LogP contribution in [0.5, 0.6) is 0 Å². The second-order valence-electron chi connectivity index (χ2n) is 4.01. The molecular weight excluding hydrogens is 298 g/mol. The Balaban J connectivity index is 1.87. The summed E-state index contributed by atoms with van der Waals surface area (Å²) in [5.74, 6) is -0.0429. The van der Waals surface area contributed by atoms with Crippen molar-refractivity contribution in [2.45, 2.75) is 36.3 Å². The number of rotatable bonds is 6. The maximum absolute atomic E-state index is 11.8. The van der Waals surface area contributed by atoms with E-state index in [9.17, 15) is 4.79 Å². The van der Waals surface area contributed by atoms with Crippen molar-refractivity contribution in [3.63, 3.8) is 0 Å². The summed E-state index contributed by atoms with van der Waals surface area (Å²) < 4.78 is 0.903. The number of carbonyl (C=O) groups excluding carboxylic acids is 1. The molecule has 7 heteroatoms. The van der Waals surface area contributed by atoms with E-state index in [0.29, 0.717) is 16.8 Å². The fourth-order valence-corrected chi connectivity index (χ4v) is 4.02. The summed E-state index contributed by atoms with van der Waals surface area (Å²) in [6.45, 7) is 4.30. The number of aromatic nitrogens is 2. The van der Waals surface area contributed by atoms with E-state index in [0.717, 1.165) is 15.6 Å². The first-order valence-corrected chi connectivity index (χ1v) is 8.57. The van der Waals surface area contributed by atoms with Crippen molar-refractivity contribution in [2.75, 3.05) is 5.32 Å². The molecule has 102 valence electrons. The maximum Gasteiger partial charge on any atom is 0.231 e. The van der Waals surface area contributed by atoms with Gasteiger partial charge in [0.25, 0.3) is 0 Å². The highest BCUT2D eigenvalue weighted by Crippen LogP contribution is 2.29. The first kappa shape index (κ1) is 14.5. The fraction of sp³-hybridized carbons (Fsp3) is 0.417. The van der Waals surface area contributed by atoms with Gasteiger partial charge in [0.1, 0.15) is 0 Å². The van der Waals surface area contributed by atoms with Crippen LogP contribution >= 0.6 is 34.4 Å². The highest BCUT2D eigenvalue weighted by atomic mass is 32.2. The molecule has 2 aromatic heterocycles. The summed E-state index contributed by atoms with van der Waals surface area (Å²) in [6, 6.07) is 3.90. The number of hydrogen-bond acceptors (Lipinski definition) is 6. The molecule has 2 heterocycles. The summed E-state index contributed by atoms with van der Waals surface area (Å²) in [5, 5.41) is 13.9. The van der Waals surface area contributed by atoms with E-state index in [1.807, 2.05) is 17.5 Å². The second-order valence-corrected chi connectivity index (χ2v) is 7.71. The Hall–Kier alpha value is -0.920. The molecule has 0 aliphatic rings. The van der Waals surface area contributed by atoms with Gasteiger partial charge >= 0.3 is 0 Å². The third kappa shape index (κ3) is 4.59. The van der Waals surface area contributed by atoms with Crippen molar-refractivity contribution >= 4 is 45.5 Å². The summed E-state index contributed by atoms with van der Waals surface area (Å²) in [7, 11) is 0. The summed E-state index contributed by atoms with van der Waals surface area (Å²) in [6.07, 6.45) is 1.48. The summed E-state index contributed by atoms with van der Waals surface area (Å²) in [5.41, 5.74) is 0. The number of nitrogens with one attached hydrogen (secondary N) is 1. The van der Waals surface area contributed by atoms with Gasteiger partial charge in [-0.15, -0.1) is 21.5 Å². The molecule has 0 saturated carbocycles. The first-order valence-electron chi connectivity index (χ1n) is 5.99. The largest absolute Gasteiger partial charge is 0.300 e. The lowest BCUT2D eigenvalue weighted by atomic mass is 10.3. The van der Waals surface area contributed by atoms with Crippen LogP contribution < -0.4 is 5.32 Å². The van der Waals surface area contributed by atoms with Gasteiger partial charge in [0.2, 0.25) is 11.0 Å². The highest BCUT2D eigenvalue weighted by molar-refractivity contribution is 8.01. The Kier molecular flexibility index (Phi) is 5.35. The molecule has 0 aliphatic heterocycles. The molecular formula is C12H15N3OS3. The van der Waals surface area contributed by atoms with Crippen LogP contribution in [0.25, 0.3) is 0 Å². The third-order valence-electron chi connectivity index (χ3n) is 2.44. The van der Waals surface area contributed by atoms with E-state index in [1.54, 1.807) is 23.1 Å². The average molecular weight is 313 g/mol. The maximum atomic E-state index is 11.8. The molecule has 0 aliphatic carbocycles. The van der Waals surface area contributed by atoms with Crippen LogP contribution in [0.15, 0.2) is 21.9 Å². The van der Waals surface area contributed by atoms with Crippen LogP contribution in [-0.2, 0) is 11.2 Å². The number of thioether (sulfide) groups is 1. The van der Waals surface area contributed by atoms with Crippen molar-refractivity contribution in [3.8, 4) is 0 Å². The smallest absolute Gasteiger partial charge is 0.231 e. The predicted octanol–water partition coefficient (Wildman–Crippen LogP) is 3.67. The fourth-order valence-electron chi connectivity index (χ4n) is 1.30. The first-order chi connectivity index (χ1) is 9.17. The number of hydrogen-bond donors (Lipinski definition) is 1. The van der Waals surface area contributed by atoms with Gasteiger partial charge in [-0.25, -0.2) is 0 Å².